The Bertz CT molecular complexity index is 952. The molecule has 0 spiro atoms. The van der Waals surface area contributed by atoms with Gasteiger partial charge in [0.05, 0.1) is 0 Å². The van der Waals surface area contributed by atoms with E-state index in [0.29, 0.717) is 11.5 Å². The molecule has 0 aliphatic heterocycles. The maximum absolute atomic E-state index is 11.9. The number of benzene rings is 1. The van der Waals surface area contributed by atoms with E-state index < -0.39 is 36.8 Å². The maximum atomic E-state index is 11.9. The van der Waals surface area contributed by atoms with Gasteiger partial charge in [-0.3, -0.25) is 14.9 Å². The molecule has 10 heteroatoms. The highest BCUT2D eigenvalue weighted by Gasteiger charge is 2.23. The fourth-order valence-electron chi connectivity index (χ4n) is 3.32. The van der Waals surface area contributed by atoms with Crippen molar-refractivity contribution >= 4 is 17.9 Å². The lowest BCUT2D eigenvalue weighted by Gasteiger charge is -2.29. The number of nitrogens with zero attached hydrogens (tertiary/aromatic N) is 2. The molecule has 2 atom stereocenters. The van der Waals surface area contributed by atoms with E-state index >= 15 is 0 Å². The third kappa shape index (κ3) is 5.79. The minimum atomic E-state index is -0.860. The first kappa shape index (κ1) is 21.3. The standard InChI is InChI=1S/C20H24N4O6/c1-13-7-5-6-10-15(13)21-19(27)22-16(25)12-29-17(26)11-24-20(28)30-18(23-24)14-8-3-2-4-9-14/h2-4,8-9,13,15H,5-7,10-12H2,1H3,(H2,21,22,25,27)/t13-,15-/m1/s1. The molecule has 2 aromatic rings. The number of hydrogen-bond acceptors (Lipinski definition) is 7. The lowest BCUT2D eigenvalue weighted by molar-refractivity contribution is -0.149. The summed E-state index contributed by atoms with van der Waals surface area (Å²) in [5, 5.41) is 8.85. The fraction of sp³-hybridized carbons (Fsp3) is 0.450. The number of nitrogens with one attached hydrogen (secondary N) is 2. The van der Waals surface area contributed by atoms with Gasteiger partial charge in [0.2, 0.25) is 5.89 Å². The first-order chi connectivity index (χ1) is 14.4. The normalized spacial score (nSPS) is 18.4. The highest BCUT2D eigenvalue weighted by atomic mass is 16.5. The lowest BCUT2D eigenvalue weighted by atomic mass is 9.86. The largest absolute Gasteiger partial charge is 0.454 e. The predicted octanol–water partition coefficient (Wildman–Crippen LogP) is 1.45. The highest BCUT2D eigenvalue weighted by Crippen LogP contribution is 2.23. The second-order valence-corrected chi connectivity index (χ2v) is 7.25. The van der Waals surface area contributed by atoms with E-state index in [9.17, 15) is 19.2 Å². The number of amides is 3. The summed E-state index contributed by atoms with van der Waals surface area (Å²) in [6.45, 7) is 0.890. The second kappa shape index (κ2) is 9.86. The number of aromatic nitrogens is 2. The van der Waals surface area contributed by atoms with Crippen LogP contribution in [0.3, 0.4) is 0 Å². The fourth-order valence-corrected chi connectivity index (χ4v) is 3.32. The molecular weight excluding hydrogens is 392 g/mol. The summed E-state index contributed by atoms with van der Waals surface area (Å²) in [6, 6.07) is 8.13. The Morgan fingerprint density at radius 2 is 1.93 bits per heavy atom. The topological polar surface area (TPSA) is 133 Å². The number of carbonyl (C=O) groups is 3. The van der Waals surface area contributed by atoms with Crippen LogP contribution in [-0.2, 0) is 20.9 Å². The molecule has 30 heavy (non-hydrogen) atoms. The van der Waals surface area contributed by atoms with Crippen LogP contribution in [0.25, 0.3) is 11.5 Å². The molecule has 1 heterocycles. The van der Waals surface area contributed by atoms with E-state index in [1.807, 2.05) is 0 Å². The van der Waals surface area contributed by atoms with Gasteiger partial charge < -0.3 is 14.5 Å². The molecule has 1 aliphatic carbocycles. The summed E-state index contributed by atoms with van der Waals surface area (Å²) < 4.78 is 10.6. The average molecular weight is 416 g/mol. The highest BCUT2D eigenvalue weighted by molar-refractivity contribution is 5.95. The number of urea groups is 1. The van der Waals surface area contributed by atoms with Crippen molar-refractivity contribution in [3.63, 3.8) is 0 Å². The van der Waals surface area contributed by atoms with E-state index in [0.717, 1.165) is 30.4 Å². The zero-order valence-corrected chi connectivity index (χ0v) is 16.6. The zero-order valence-electron chi connectivity index (χ0n) is 16.6. The van der Waals surface area contributed by atoms with Crippen molar-refractivity contribution in [2.75, 3.05) is 6.61 Å². The second-order valence-electron chi connectivity index (χ2n) is 7.25. The Hall–Kier alpha value is -3.43. The molecule has 1 aromatic heterocycles. The number of ether oxygens (including phenoxy) is 1. The zero-order chi connectivity index (χ0) is 21.5. The van der Waals surface area contributed by atoms with Crippen molar-refractivity contribution in [3.8, 4) is 11.5 Å². The molecule has 1 saturated carbocycles. The molecule has 0 saturated heterocycles. The summed E-state index contributed by atoms with van der Waals surface area (Å²) in [5.74, 6) is -2.03. The van der Waals surface area contributed by atoms with Gasteiger partial charge in [-0.1, -0.05) is 38.0 Å². The number of rotatable bonds is 6. The molecule has 3 rings (SSSR count). The number of carbonyl (C=O) groups excluding carboxylic acids is 3. The van der Waals surface area contributed by atoms with Crippen LogP contribution in [0.15, 0.2) is 39.5 Å². The molecule has 0 bridgehead atoms. The third-order valence-corrected chi connectivity index (χ3v) is 4.95. The summed E-state index contributed by atoms with van der Waals surface area (Å²) in [6.07, 6.45) is 4.07. The van der Waals surface area contributed by atoms with Crippen LogP contribution in [0.4, 0.5) is 4.79 Å². The number of imide groups is 1. The van der Waals surface area contributed by atoms with Crippen LogP contribution in [0.1, 0.15) is 32.6 Å². The van der Waals surface area contributed by atoms with Gasteiger partial charge in [0.25, 0.3) is 5.91 Å². The predicted molar refractivity (Wildman–Crippen MR) is 105 cm³/mol. The minimum absolute atomic E-state index is 0.0203. The molecule has 3 amide bonds. The lowest BCUT2D eigenvalue weighted by Crippen LogP contribution is -2.48. The summed E-state index contributed by atoms with van der Waals surface area (Å²) in [5.41, 5.74) is 0.583. The van der Waals surface area contributed by atoms with Crippen molar-refractivity contribution in [3.05, 3.63) is 40.9 Å². The van der Waals surface area contributed by atoms with E-state index in [-0.39, 0.29) is 11.9 Å². The Kier molecular flexibility index (Phi) is 6.99. The van der Waals surface area contributed by atoms with Crippen molar-refractivity contribution in [2.24, 2.45) is 5.92 Å². The quantitative estimate of drug-likeness (QED) is 0.681. The van der Waals surface area contributed by atoms with Crippen LogP contribution >= 0.6 is 0 Å². The van der Waals surface area contributed by atoms with E-state index in [4.69, 9.17) is 9.15 Å². The third-order valence-electron chi connectivity index (χ3n) is 4.95. The van der Waals surface area contributed by atoms with Crippen molar-refractivity contribution in [2.45, 2.75) is 45.2 Å². The van der Waals surface area contributed by atoms with Gasteiger partial charge in [-0.15, -0.1) is 5.10 Å². The van der Waals surface area contributed by atoms with Crippen molar-refractivity contribution < 1.29 is 23.5 Å². The van der Waals surface area contributed by atoms with Gasteiger partial charge in [-0.25, -0.2) is 9.59 Å². The molecule has 1 fully saturated rings. The van der Waals surface area contributed by atoms with Gasteiger partial charge in [0, 0.05) is 11.6 Å². The van der Waals surface area contributed by atoms with Crippen LogP contribution in [-0.4, -0.2) is 40.3 Å². The molecule has 2 N–H and O–H groups in total. The summed E-state index contributed by atoms with van der Waals surface area (Å²) in [4.78, 5) is 47.5. The smallest absolute Gasteiger partial charge is 0.437 e. The van der Waals surface area contributed by atoms with E-state index in [1.165, 1.54) is 0 Å². The molecule has 0 unspecified atom stereocenters. The monoisotopic (exact) mass is 416 g/mol. The van der Waals surface area contributed by atoms with Crippen molar-refractivity contribution in [1.82, 2.24) is 20.4 Å². The molecule has 10 nitrogen and oxygen atoms in total. The van der Waals surface area contributed by atoms with Gasteiger partial charge >= 0.3 is 17.8 Å². The number of esters is 1. The first-order valence-electron chi connectivity index (χ1n) is 9.81. The molecular formula is C20H24N4O6. The number of hydrogen-bond donors (Lipinski definition) is 2. The van der Waals surface area contributed by atoms with Gasteiger partial charge in [0.15, 0.2) is 6.61 Å². The Morgan fingerprint density at radius 3 is 2.67 bits per heavy atom. The summed E-state index contributed by atoms with van der Waals surface area (Å²) >= 11 is 0. The Morgan fingerprint density at radius 1 is 1.20 bits per heavy atom. The summed E-state index contributed by atoms with van der Waals surface area (Å²) in [7, 11) is 0. The molecule has 160 valence electrons. The van der Waals surface area contributed by atoms with Crippen LogP contribution in [0.5, 0.6) is 0 Å². The van der Waals surface area contributed by atoms with Gasteiger partial charge in [-0.2, -0.15) is 4.68 Å². The van der Waals surface area contributed by atoms with Gasteiger partial charge in [0.1, 0.15) is 6.54 Å². The Labute approximate surface area is 172 Å². The molecule has 1 aliphatic rings. The molecule has 0 radical (unpaired) electrons. The van der Waals surface area contributed by atoms with E-state index in [1.54, 1.807) is 30.3 Å². The SMILES string of the molecule is C[C@@H]1CCCC[C@H]1NC(=O)NC(=O)COC(=O)Cn1nc(-c2ccccc2)oc1=O. The van der Waals surface area contributed by atoms with Crippen LogP contribution < -0.4 is 16.4 Å². The maximum Gasteiger partial charge on any atom is 0.437 e. The first-order valence-corrected chi connectivity index (χ1v) is 9.81. The minimum Gasteiger partial charge on any atom is -0.454 e. The average Bonchev–Trinajstić information content (AvgIpc) is 3.09. The van der Waals surface area contributed by atoms with Crippen LogP contribution in [0.2, 0.25) is 0 Å². The van der Waals surface area contributed by atoms with Crippen molar-refractivity contribution in [1.29, 1.82) is 0 Å². The van der Waals surface area contributed by atoms with Gasteiger partial charge in [-0.05, 0) is 30.9 Å². The van der Waals surface area contributed by atoms with Crippen LogP contribution in [0, 0.1) is 5.92 Å². The van der Waals surface area contributed by atoms with E-state index in [2.05, 4.69) is 22.7 Å². The Balaban J connectivity index is 1.44. The molecule has 1 aromatic carbocycles.